The van der Waals surface area contributed by atoms with Gasteiger partial charge in [0.15, 0.2) is 0 Å². The van der Waals surface area contributed by atoms with Gasteiger partial charge in [-0.2, -0.15) is 0 Å². The molecule has 0 saturated heterocycles. The van der Waals surface area contributed by atoms with Gasteiger partial charge in [0.05, 0.1) is 0 Å². The lowest BCUT2D eigenvalue weighted by Gasteiger charge is -2.04. The molecule has 0 bridgehead atoms. The highest BCUT2D eigenvalue weighted by atomic mass is 32.2. The minimum atomic E-state index is -3.84. The van der Waals surface area contributed by atoms with Crippen LogP contribution in [0, 0.1) is 5.82 Å². The van der Waals surface area contributed by atoms with Gasteiger partial charge < -0.3 is 4.57 Å². The summed E-state index contributed by atoms with van der Waals surface area (Å²) in [5.41, 5.74) is 0.696. The lowest BCUT2D eigenvalue weighted by atomic mass is 10.2. The Morgan fingerprint density at radius 2 is 2.05 bits per heavy atom. The van der Waals surface area contributed by atoms with E-state index in [4.69, 9.17) is 5.14 Å². The normalized spacial score (nSPS) is 12.2. The van der Waals surface area contributed by atoms with Crippen molar-refractivity contribution in [1.29, 1.82) is 0 Å². The molecular weight excluding hydrogens is 267 g/mol. The van der Waals surface area contributed by atoms with Gasteiger partial charge in [-0.05, 0) is 24.6 Å². The van der Waals surface area contributed by atoms with E-state index in [1.54, 1.807) is 6.07 Å². The summed E-state index contributed by atoms with van der Waals surface area (Å²) < 4.78 is 38.2. The van der Waals surface area contributed by atoms with E-state index in [0.717, 1.165) is 19.3 Å². The molecule has 0 aliphatic carbocycles. The summed E-state index contributed by atoms with van der Waals surface area (Å²) in [6, 6.07) is 4.13. The number of unbranched alkanes of at least 4 members (excludes halogenated alkanes) is 2. The van der Waals surface area contributed by atoms with Crippen molar-refractivity contribution >= 4 is 20.9 Å². The molecular formula is C13H17FN2O2S. The Morgan fingerprint density at radius 3 is 2.68 bits per heavy atom. The van der Waals surface area contributed by atoms with Crippen LogP contribution < -0.4 is 5.14 Å². The zero-order chi connectivity index (χ0) is 14.0. The summed E-state index contributed by atoms with van der Waals surface area (Å²) in [5, 5.41) is 5.52. The maximum Gasteiger partial charge on any atom is 0.240 e. The Kier molecular flexibility index (Phi) is 3.91. The van der Waals surface area contributed by atoms with Crippen LogP contribution in [0.15, 0.2) is 29.3 Å². The number of benzene rings is 1. The van der Waals surface area contributed by atoms with E-state index in [1.807, 2.05) is 4.57 Å². The SMILES string of the molecule is CCCCCn1cc(S(N)(=O)=O)c2cc(F)ccc21. The van der Waals surface area contributed by atoms with E-state index in [1.165, 1.54) is 18.3 Å². The lowest BCUT2D eigenvalue weighted by Crippen LogP contribution is -2.11. The van der Waals surface area contributed by atoms with Crippen molar-refractivity contribution in [3.63, 3.8) is 0 Å². The first-order valence-corrected chi connectivity index (χ1v) is 7.79. The molecule has 0 spiro atoms. The summed E-state index contributed by atoms with van der Waals surface area (Å²) in [7, 11) is -3.84. The second-order valence-corrected chi connectivity index (χ2v) is 6.13. The maximum absolute atomic E-state index is 13.3. The predicted octanol–water partition coefficient (Wildman–Crippen LogP) is 2.62. The quantitative estimate of drug-likeness (QED) is 0.858. The van der Waals surface area contributed by atoms with Crippen molar-refractivity contribution in [2.24, 2.45) is 5.14 Å². The molecule has 2 rings (SSSR count). The number of hydrogen-bond donors (Lipinski definition) is 1. The number of rotatable bonds is 5. The van der Waals surface area contributed by atoms with Gasteiger partial charge in [0.25, 0.3) is 0 Å². The van der Waals surface area contributed by atoms with Gasteiger partial charge in [-0.1, -0.05) is 19.8 Å². The van der Waals surface area contributed by atoms with Crippen LogP contribution in [0.5, 0.6) is 0 Å². The molecule has 0 fully saturated rings. The molecule has 0 amide bonds. The number of nitrogens with two attached hydrogens (primary N) is 1. The lowest BCUT2D eigenvalue weighted by molar-refractivity contribution is 0.594. The average molecular weight is 284 g/mol. The van der Waals surface area contributed by atoms with Crippen LogP contribution in [-0.4, -0.2) is 13.0 Å². The first-order chi connectivity index (χ1) is 8.93. The van der Waals surface area contributed by atoms with Crippen LogP contribution in [-0.2, 0) is 16.6 Å². The van der Waals surface area contributed by atoms with Crippen molar-refractivity contribution in [1.82, 2.24) is 4.57 Å². The fourth-order valence-electron chi connectivity index (χ4n) is 2.18. The highest BCUT2D eigenvalue weighted by molar-refractivity contribution is 7.89. The molecule has 2 N–H and O–H groups in total. The Balaban J connectivity index is 2.54. The molecule has 6 heteroatoms. The monoisotopic (exact) mass is 284 g/mol. The molecule has 0 saturated carbocycles. The fourth-order valence-corrected chi connectivity index (χ4v) is 2.92. The third kappa shape index (κ3) is 2.96. The predicted molar refractivity (Wildman–Crippen MR) is 72.8 cm³/mol. The number of aromatic nitrogens is 1. The minimum Gasteiger partial charge on any atom is -0.346 e. The molecule has 0 unspecified atom stereocenters. The number of fused-ring (bicyclic) bond motifs is 1. The summed E-state index contributed by atoms with van der Waals surface area (Å²) in [4.78, 5) is -0.0153. The van der Waals surface area contributed by atoms with Gasteiger partial charge >= 0.3 is 0 Å². The molecule has 0 aliphatic heterocycles. The molecule has 19 heavy (non-hydrogen) atoms. The molecule has 0 radical (unpaired) electrons. The minimum absolute atomic E-state index is 0.0153. The van der Waals surface area contributed by atoms with Gasteiger partial charge in [0.2, 0.25) is 10.0 Å². The van der Waals surface area contributed by atoms with E-state index >= 15 is 0 Å². The average Bonchev–Trinajstić information content (AvgIpc) is 2.67. The van der Waals surface area contributed by atoms with Gasteiger partial charge in [-0.25, -0.2) is 17.9 Å². The van der Waals surface area contributed by atoms with Crippen molar-refractivity contribution in [2.45, 2.75) is 37.6 Å². The highest BCUT2D eigenvalue weighted by Crippen LogP contribution is 2.26. The molecule has 2 aromatic rings. The van der Waals surface area contributed by atoms with Crippen LogP contribution in [0.1, 0.15) is 26.2 Å². The van der Waals surface area contributed by atoms with E-state index in [0.29, 0.717) is 17.4 Å². The molecule has 0 aliphatic rings. The van der Waals surface area contributed by atoms with Crippen molar-refractivity contribution < 1.29 is 12.8 Å². The Morgan fingerprint density at radius 1 is 1.32 bits per heavy atom. The first-order valence-electron chi connectivity index (χ1n) is 6.24. The third-order valence-electron chi connectivity index (χ3n) is 3.12. The second-order valence-electron chi connectivity index (χ2n) is 4.60. The number of halogens is 1. The number of primary sulfonamides is 1. The topological polar surface area (TPSA) is 65.1 Å². The van der Waals surface area contributed by atoms with Gasteiger partial charge in [0, 0.05) is 23.6 Å². The van der Waals surface area contributed by atoms with Crippen LogP contribution in [0.25, 0.3) is 10.9 Å². The summed E-state index contributed by atoms with van der Waals surface area (Å²) in [6.07, 6.45) is 4.58. The largest absolute Gasteiger partial charge is 0.346 e. The molecule has 1 heterocycles. The Bertz CT molecular complexity index is 692. The number of sulfonamides is 1. The van der Waals surface area contributed by atoms with Gasteiger partial charge in [-0.15, -0.1) is 0 Å². The highest BCUT2D eigenvalue weighted by Gasteiger charge is 2.17. The van der Waals surface area contributed by atoms with Crippen LogP contribution in [0.2, 0.25) is 0 Å². The number of aryl methyl sites for hydroxylation is 1. The molecule has 4 nitrogen and oxygen atoms in total. The number of hydrogen-bond acceptors (Lipinski definition) is 2. The second kappa shape index (κ2) is 5.30. The van der Waals surface area contributed by atoms with Gasteiger partial charge in [-0.3, -0.25) is 0 Å². The molecule has 1 aromatic carbocycles. The van der Waals surface area contributed by atoms with Crippen molar-refractivity contribution in [3.8, 4) is 0 Å². The van der Waals surface area contributed by atoms with E-state index in [2.05, 4.69) is 6.92 Å². The Hall–Kier alpha value is -1.40. The van der Waals surface area contributed by atoms with E-state index in [9.17, 15) is 12.8 Å². The number of nitrogens with zero attached hydrogens (tertiary/aromatic N) is 1. The summed E-state index contributed by atoms with van der Waals surface area (Å²) in [6.45, 7) is 2.80. The molecule has 104 valence electrons. The van der Waals surface area contributed by atoms with Gasteiger partial charge in [0.1, 0.15) is 10.7 Å². The van der Waals surface area contributed by atoms with E-state index < -0.39 is 15.8 Å². The maximum atomic E-state index is 13.3. The summed E-state index contributed by atoms with van der Waals surface area (Å²) in [5.74, 6) is -0.469. The zero-order valence-corrected chi connectivity index (χ0v) is 11.6. The Labute approximate surface area is 112 Å². The van der Waals surface area contributed by atoms with Crippen molar-refractivity contribution in [3.05, 3.63) is 30.2 Å². The third-order valence-corrected chi connectivity index (χ3v) is 4.05. The summed E-state index contributed by atoms with van der Waals surface area (Å²) >= 11 is 0. The van der Waals surface area contributed by atoms with Crippen LogP contribution in [0.4, 0.5) is 4.39 Å². The molecule has 0 atom stereocenters. The molecule has 1 aromatic heterocycles. The first kappa shape index (κ1) is 14.0. The standard InChI is InChI=1S/C13H17FN2O2S/c1-2-3-4-7-16-9-13(19(15,17)18)11-8-10(14)5-6-12(11)16/h5-6,8-9H,2-4,7H2,1H3,(H2,15,17,18). The van der Waals surface area contributed by atoms with Crippen LogP contribution in [0.3, 0.4) is 0 Å². The van der Waals surface area contributed by atoms with Crippen LogP contribution >= 0.6 is 0 Å². The fraction of sp³-hybridized carbons (Fsp3) is 0.385. The smallest absolute Gasteiger partial charge is 0.240 e. The van der Waals surface area contributed by atoms with E-state index in [-0.39, 0.29) is 4.90 Å². The zero-order valence-electron chi connectivity index (χ0n) is 10.8. The van der Waals surface area contributed by atoms with Crippen molar-refractivity contribution in [2.75, 3.05) is 0 Å².